The Labute approximate surface area is 140 Å². The van der Waals surface area contributed by atoms with Crippen LogP contribution in [0.4, 0.5) is 0 Å². The van der Waals surface area contributed by atoms with Crippen molar-refractivity contribution in [2.75, 3.05) is 20.0 Å². The Balaban J connectivity index is 2.30. The van der Waals surface area contributed by atoms with E-state index in [-0.39, 0.29) is 26.9 Å². The van der Waals surface area contributed by atoms with Gasteiger partial charge in [0.25, 0.3) is 0 Å². The predicted octanol–water partition coefficient (Wildman–Crippen LogP) is 2.01. The van der Waals surface area contributed by atoms with Crippen molar-refractivity contribution >= 4 is 19.7 Å². The monoisotopic (exact) mass is 368 g/mol. The average Bonchev–Trinajstić information content (AvgIpc) is 2.88. The number of hydrogen-bond donors (Lipinski definition) is 0. The molecular weight excluding hydrogens is 352 g/mol. The molecule has 24 heavy (non-hydrogen) atoms. The summed E-state index contributed by atoms with van der Waals surface area (Å²) in [5.74, 6) is -0.191. The first-order valence-electron chi connectivity index (χ1n) is 7.09. The fraction of sp³-hybridized carbons (Fsp3) is 0.250. The van der Waals surface area contributed by atoms with Gasteiger partial charge in [0.1, 0.15) is 21.6 Å². The summed E-state index contributed by atoms with van der Waals surface area (Å²) in [6, 6.07) is 10.8. The summed E-state index contributed by atoms with van der Waals surface area (Å²) in [5.41, 5.74) is 0.140. The maximum Gasteiger partial charge on any atom is 0.186 e. The second-order valence-corrected chi connectivity index (χ2v) is 9.44. The van der Waals surface area contributed by atoms with Crippen LogP contribution in [0.5, 0.6) is 11.5 Å². The second kappa shape index (κ2) is 5.78. The molecule has 0 N–H and O–H groups in total. The van der Waals surface area contributed by atoms with Gasteiger partial charge in [0, 0.05) is 5.56 Å². The van der Waals surface area contributed by atoms with Crippen LogP contribution >= 0.6 is 0 Å². The Hall–Kier alpha value is -2.06. The molecule has 1 heterocycles. The van der Waals surface area contributed by atoms with Gasteiger partial charge in [0.2, 0.25) is 0 Å². The van der Waals surface area contributed by atoms with Crippen LogP contribution in [0.25, 0.3) is 0 Å². The highest BCUT2D eigenvalue weighted by molar-refractivity contribution is 7.96. The van der Waals surface area contributed by atoms with Gasteiger partial charge in [0.15, 0.2) is 19.7 Å². The van der Waals surface area contributed by atoms with Crippen molar-refractivity contribution in [3.63, 3.8) is 0 Å². The highest BCUT2D eigenvalue weighted by Gasteiger charge is 2.47. The molecule has 0 aliphatic carbocycles. The molecular formula is C16H16O6S2. The first-order chi connectivity index (χ1) is 11.3. The lowest BCUT2D eigenvalue weighted by Gasteiger charge is -2.15. The number of methoxy groups -OCH3 is 2. The van der Waals surface area contributed by atoms with Crippen LogP contribution in [0.1, 0.15) is 10.8 Å². The molecule has 0 saturated carbocycles. The van der Waals surface area contributed by atoms with E-state index in [1.165, 1.54) is 38.5 Å². The molecule has 128 valence electrons. The third-order valence-electron chi connectivity index (χ3n) is 4.01. The molecule has 0 aromatic heterocycles. The molecule has 0 saturated heterocycles. The Morgan fingerprint density at radius 2 is 1.54 bits per heavy atom. The lowest BCUT2D eigenvalue weighted by molar-refractivity contribution is 0.389. The molecule has 1 atom stereocenters. The number of ether oxygens (including phenoxy) is 2. The van der Waals surface area contributed by atoms with Gasteiger partial charge in [-0.05, 0) is 24.3 Å². The minimum Gasteiger partial charge on any atom is -0.496 e. The third-order valence-corrected chi connectivity index (χ3v) is 8.12. The van der Waals surface area contributed by atoms with Crippen LogP contribution in [-0.2, 0) is 19.7 Å². The predicted molar refractivity (Wildman–Crippen MR) is 88.0 cm³/mol. The van der Waals surface area contributed by atoms with Gasteiger partial charge >= 0.3 is 0 Å². The topological polar surface area (TPSA) is 86.7 Å². The summed E-state index contributed by atoms with van der Waals surface area (Å²) in [7, 11) is -4.98. The van der Waals surface area contributed by atoms with Crippen LogP contribution in [0, 0.1) is 0 Å². The Morgan fingerprint density at radius 1 is 0.958 bits per heavy atom. The molecule has 0 amide bonds. The van der Waals surface area contributed by atoms with Crippen molar-refractivity contribution in [2.45, 2.75) is 15.0 Å². The van der Waals surface area contributed by atoms with Gasteiger partial charge in [-0.3, -0.25) is 0 Å². The molecule has 3 rings (SSSR count). The van der Waals surface area contributed by atoms with Gasteiger partial charge in [-0.2, -0.15) is 0 Å². The average molecular weight is 368 g/mol. The summed E-state index contributed by atoms with van der Waals surface area (Å²) in [5, 5.41) is -1.23. The van der Waals surface area contributed by atoms with Crippen LogP contribution in [-0.4, -0.2) is 36.8 Å². The third kappa shape index (κ3) is 2.46. The molecule has 1 aliphatic heterocycles. The van der Waals surface area contributed by atoms with Crippen LogP contribution in [0.15, 0.2) is 52.3 Å². The number of sulfone groups is 2. The molecule has 2 aromatic carbocycles. The molecule has 0 bridgehead atoms. The summed E-state index contributed by atoms with van der Waals surface area (Å²) >= 11 is 0. The second-order valence-electron chi connectivity index (χ2n) is 5.34. The summed E-state index contributed by atoms with van der Waals surface area (Å²) in [4.78, 5) is -0.0308. The first-order valence-corrected chi connectivity index (χ1v) is 10.3. The molecule has 8 heteroatoms. The summed E-state index contributed by atoms with van der Waals surface area (Å²) in [6.45, 7) is 0. The summed E-state index contributed by atoms with van der Waals surface area (Å²) < 4.78 is 61.5. The molecule has 1 unspecified atom stereocenters. The van der Waals surface area contributed by atoms with Crippen molar-refractivity contribution in [1.29, 1.82) is 0 Å². The molecule has 6 nitrogen and oxygen atoms in total. The van der Waals surface area contributed by atoms with Gasteiger partial charge in [-0.15, -0.1) is 0 Å². The Kier molecular flexibility index (Phi) is 4.05. The van der Waals surface area contributed by atoms with E-state index in [2.05, 4.69) is 0 Å². The maximum absolute atomic E-state index is 13.0. The fourth-order valence-electron chi connectivity index (χ4n) is 2.91. The zero-order chi connectivity index (χ0) is 17.5. The van der Waals surface area contributed by atoms with Crippen LogP contribution < -0.4 is 9.47 Å². The fourth-order valence-corrected chi connectivity index (χ4v) is 7.42. The van der Waals surface area contributed by atoms with Crippen molar-refractivity contribution in [3.8, 4) is 11.5 Å². The number of rotatable bonds is 4. The molecule has 0 fully saturated rings. The number of fused-ring (bicyclic) bond motifs is 1. The van der Waals surface area contributed by atoms with E-state index >= 15 is 0 Å². The minimum atomic E-state index is -3.90. The summed E-state index contributed by atoms with van der Waals surface area (Å²) in [6.07, 6.45) is 0. The number of hydrogen-bond acceptors (Lipinski definition) is 6. The van der Waals surface area contributed by atoms with Crippen molar-refractivity contribution < 1.29 is 26.3 Å². The maximum atomic E-state index is 13.0. The molecule has 0 radical (unpaired) electrons. The largest absolute Gasteiger partial charge is 0.496 e. The van der Waals surface area contributed by atoms with Gasteiger partial charge in [-0.1, -0.05) is 18.2 Å². The van der Waals surface area contributed by atoms with E-state index in [9.17, 15) is 16.8 Å². The van der Waals surface area contributed by atoms with Crippen molar-refractivity contribution in [3.05, 3.63) is 48.0 Å². The van der Waals surface area contributed by atoms with Gasteiger partial charge in [-0.25, -0.2) is 16.8 Å². The highest BCUT2D eigenvalue weighted by atomic mass is 32.2. The molecule has 1 aliphatic rings. The first kappa shape index (κ1) is 16.8. The van der Waals surface area contributed by atoms with Crippen LogP contribution in [0.3, 0.4) is 0 Å². The van der Waals surface area contributed by atoms with Crippen molar-refractivity contribution in [1.82, 2.24) is 0 Å². The molecule has 0 spiro atoms. The van der Waals surface area contributed by atoms with Gasteiger partial charge in [0.05, 0.1) is 24.9 Å². The minimum absolute atomic E-state index is 0.0722. The van der Waals surface area contributed by atoms with Gasteiger partial charge < -0.3 is 9.47 Å². The van der Waals surface area contributed by atoms with E-state index in [1.807, 2.05) is 0 Å². The Bertz CT molecular complexity index is 979. The lowest BCUT2D eigenvalue weighted by Crippen LogP contribution is -2.16. The van der Waals surface area contributed by atoms with Crippen LogP contribution in [0.2, 0.25) is 0 Å². The van der Waals surface area contributed by atoms with E-state index in [0.717, 1.165) is 0 Å². The van der Waals surface area contributed by atoms with E-state index in [0.29, 0.717) is 0 Å². The quantitative estimate of drug-likeness (QED) is 0.820. The Morgan fingerprint density at radius 3 is 2.12 bits per heavy atom. The lowest BCUT2D eigenvalue weighted by atomic mass is 10.1. The number of benzene rings is 2. The normalized spacial score (nSPS) is 18.8. The van der Waals surface area contributed by atoms with E-state index in [1.54, 1.807) is 18.2 Å². The zero-order valence-corrected chi connectivity index (χ0v) is 14.7. The standard InChI is InChI=1S/C16H16O6S2/c1-21-12-8-9-13(22-2)16-15(12)14(10-23(16,17)18)24(19,20)11-6-4-3-5-7-11/h3-9,14H,10H2,1-2H3. The zero-order valence-electron chi connectivity index (χ0n) is 13.1. The SMILES string of the molecule is COc1ccc(OC)c2c1C(S(=O)(=O)c1ccccc1)CS2(=O)=O. The van der Waals surface area contributed by atoms with E-state index < -0.39 is 30.7 Å². The van der Waals surface area contributed by atoms with E-state index in [4.69, 9.17) is 9.47 Å². The highest BCUT2D eigenvalue weighted by Crippen LogP contribution is 2.49. The molecule has 2 aromatic rings. The van der Waals surface area contributed by atoms with Crippen molar-refractivity contribution in [2.24, 2.45) is 0 Å². The smallest absolute Gasteiger partial charge is 0.186 e.